The molecule has 1 N–H and O–H groups in total. The predicted octanol–water partition coefficient (Wildman–Crippen LogP) is 2.54. The lowest BCUT2D eigenvalue weighted by Crippen LogP contribution is -2.51. The molecule has 1 atom stereocenters. The van der Waals surface area contributed by atoms with Crippen LogP contribution in [0.25, 0.3) is 0 Å². The van der Waals surface area contributed by atoms with Crippen molar-refractivity contribution in [3.8, 4) is 11.5 Å². The highest BCUT2D eigenvalue weighted by Crippen LogP contribution is 2.38. The van der Waals surface area contributed by atoms with Gasteiger partial charge in [-0.05, 0) is 24.6 Å². The number of benzene rings is 1. The Balaban J connectivity index is 0.00000261. The van der Waals surface area contributed by atoms with E-state index in [1.54, 1.807) is 7.11 Å². The van der Waals surface area contributed by atoms with Crippen LogP contribution in [-0.2, 0) is 16.0 Å². The SMILES string of the molecule is CCNC(=NCc1cc(Cl)c2c(c1)OCCO2)N1CCOC(COC)C1.I. The third kappa shape index (κ3) is 6.00. The number of hydrogen-bond donors (Lipinski definition) is 1. The van der Waals surface area contributed by atoms with Crippen LogP contribution in [0, 0.1) is 0 Å². The summed E-state index contributed by atoms with van der Waals surface area (Å²) in [5.74, 6) is 2.17. The van der Waals surface area contributed by atoms with Crippen molar-refractivity contribution in [2.75, 3.05) is 53.2 Å². The monoisotopic (exact) mass is 511 g/mol. The summed E-state index contributed by atoms with van der Waals surface area (Å²) in [7, 11) is 1.69. The molecule has 0 saturated carbocycles. The highest BCUT2D eigenvalue weighted by molar-refractivity contribution is 14.0. The maximum absolute atomic E-state index is 6.32. The molecule has 2 aliphatic rings. The van der Waals surface area contributed by atoms with Crippen molar-refractivity contribution >= 4 is 41.5 Å². The average Bonchev–Trinajstić information content (AvgIpc) is 2.66. The average molecular weight is 512 g/mol. The van der Waals surface area contributed by atoms with Gasteiger partial charge in [0.15, 0.2) is 17.5 Å². The fourth-order valence-electron chi connectivity index (χ4n) is 3.05. The standard InChI is InChI=1S/C18H26ClN3O4.HI/c1-3-20-18(22-4-5-24-14(11-22)12-23-2)21-10-13-8-15(19)17-16(9-13)25-6-7-26-17;/h8-9,14H,3-7,10-12H2,1-2H3,(H,20,21);1H. The maximum atomic E-state index is 6.32. The normalized spacial score (nSPS) is 19.4. The number of aliphatic imine (C=N–C) groups is 1. The molecule has 0 aromatic heterocycles. The molecule has 0 radical (unpaired) electrons. The first kappa shape index (κ1) is 22.3. The van der Waals surface area contributed by atoms with E-state index in [1.165, 1.54) is 0 Å². The van der Waals surface area contributed by atoms with Crippen molar-refractivity contribution < 1.29 is 18.9 Å². The number of nitrogens with one attached hydrogen (secondary N) is 1. The van der Waals surface area contributed by atoms with Crippen LogP contribution in [0.1, 0.15) is 12.5 Å². The van der Waals surface area contributed by atoms with Gasteiger partial charge in [0.25, 0.3) is 0 Å². The highest BCUT2D eigenvalue weighted by Gasteiger charge is 2.23. The lowest BCUT2D eigenvalue weighted by molar-refractivity contribution is -0.0447. The van der Waals surface area contributed by atoms with Gasteiger partial charge in [-0.1, -0.05) is 11.6 Å². The Morgan fingerprint density at radius 2 is 2.15 bits per heavy atom. The van der Waals surface area contributed by atoms with Gasteiger partial charge >= 0.3 is 0 Å². The lowest BCUT2D eigenvalue weighted by atomic mass is 10.2. The molecule has 1 aromatic carbocycles. The minimum Gasteiger partial charge on any atom is -0.486 e. The summed E-state index contributed by atoms with van der Waals surface area (Å²) in [6.07, 6.45) is 0.0568. The smallest absolute Gasteiger partial charge is 0.194 e. The Bertz CT molecular complexity index is 645. The fourth-order valence-corrected chi connectivity index (χ4v) is 3.33. The van der Waals surface area contributed by atoms with Crippen LogP contribution in [0.5, 0.6) is 11.5 Å². The number of fused-ring (bicyclic) bond motifs is 1. The largest absolute Gasteiger partial charge is 0.486 e. The minimum absolute atomic E-state index is 0. The van der Waals surface area contributed by atoms with E-state index in [-0.39, 0.29) is 30.1 Å². The molecule has 9 heteroatoms. The second kappa shape index (κ2) is 11.1. The summed E-state index contributed by atoms with van der Waals surface area (Å²) in [6, 6.07) is 3.83. The van der Waals surface area contributed by atoms with Gasteiger partial charge in [-0.3, -0.25) is 0 Å². The molecular formula is C18H27ClIN3O4. The molecule has 0 amide bonds. The first-order chi connectivity index (χ1) is 12.7. The van der Waals surface area contributed by atoms with E-state index in [0.29, 0.717) is 49.5 Å². The van der Waals surface area contributed by atoms with Crippen LogP contribution < -0.4 is 14.8 Å². The molecule has 1 aromatic rings. The van der Waals surface area contributed by atoms with Crippen LogP contribution in [0.2, 0.25) is 5.02 Å². The van der Waals surface area contributed by atoms with Gasteiger partial charge in [-0.25, -0.2) is 4.99 Å². The lowest BCUT2D eigenvalue weighted by Gasteiger charge is -2.34. The van der Waals surface area contributed by atoms with Gasteiger partial charge in [0.2, 0.25) is 0 Å². The summed E-state index contributed by atoms with van der Waals surface area (Å²) >= 11 is 6.32. The summed E-state index contributed by atoms with van der Waals surface area (Å²) < 4.78 is 22.1. The van der Waals surface area contributed by atoms with E-state index < -0.39 is 0 Å². The predicted molar refractivity (Wildman–Crippen MR) is 116 cm³/mol. The van der Waals surface area contributed by atoms with Crippen molar-refractivity contribution in [3.63, 3.8) is 0 Å². The Labute approximate surface area is 182 Å². The van der Waals surface area contributed by atoms with Crippen molar-refractivity contribution in [3.05, 3.63) is 22.7 Å². The Kier molecular flexibility index (Phi) is 9.20. The quantitative estimate of drug-likeness (QED) is 0.372. The molecule has 2 heterocycles. The zero-order chi connectivity index (χ0) is 18.4. The number of halogens is 2. The Hall–Kier alpha value is -0.970. The van der Waals surface area contributed by atoms with Crippen LogP contribution in [0.3, 0.4) is 0 Å². The first-order valence-corrected chi connectivity index (χ1v) is 9.31. The second-order valence-corrected chi connectivity index (χ2v) is 6.57. The Morgan fingerprint density at radius 3 is 2.93 bits per heavy atom. The van der Waals surface area contributed by atoms with Crippen LogP contribution in [0.15, 0.2) is 17.1 Å². The van der Waals surface area contributed by atoms with Crippen molar-refractivity contribution in [1.82, 2.24) is 10.2 Å². The first-order valence-electron chi connectivity index (χ1n) is 8.93. The Morgan fingerprint density at radius 1 is 1.33 bits per heavy atom. The van der Waals surface area contributed by atoms with E-state index >= 15 is 0 Å². The molecule has 3 rings (SSSR count). The molecule has 27 heavy (non-hydrogen) atoms. The van der Waals surface area contributed by atoms with Gasteiger partial charge in [0, 0.05) is 26.7 Å². The van der Waals surface area contributed by atoms with E-state index in [2.05, 4.69) is 17.1 Å². The van der Waals surface area contributed by atoms with Crippen LogP contribution in [-0.4, -0.2) is 70.1 Å². The van der Waals surface area contributed by atoms with Crippen molar-refractivity contribution in [2.45, 2.75) is 19.6 Å². The number of morpholine rings is 1. The molecule has 2 aliphatic heterocycles. The summed E-state index contributed by atoms with van der Waals surface area (Å²) in [5, 5.41) is 3.91. The van der Waals surface area contributed by atoms with E-state index in [9.17, 15) is 0 Å². The molecule has 7 nitrogen and oxygen atoms in total. The third-order valence-electron chi connectivity index (χ3n) is 4.19. The molecule has 1 saturated heterocycles. The maximum Gasteiger partial charge on any atom is 0.194 e. The highest BCUT2D eigenvalue weighted by atomic mass is 127. The number of guanidine groups is 1. The van der Waals surface area contributed by atoms with E-state index in [4.69, 9.17) is 35.5 Å². The van der Waals surface area contributed by atoms with Crippen molar-refractivity contribution in [2.24, 2.45) is 4.99 Å². The van der Waals surface area contributed by atoms with E-state index in [0.717, 1.165) is 31.2 Å². The number of ether oxygens (including phenoxy) is 4. The molecular weight excluding hydrogens is 485 g/mol. The molecule has 0 spiro atoms. The molecule has 0 aliphatic carbocycles. The van der Waals surface area contributed by atoms with Gasteiger partial charge in [-0.15, -0.1) is 24.0 Å². The van der Waals surface area contributed by atoms with Gasteiger partial charge in [0.05, 0.1) is 30.9 Å². The summed E-state index contributed by atoms with van der Waals surface area (Å²) in [5.41, 5.74) is 0.983. The van der Waals surface area contributed by atoms with E-state index in [1.807, 2.05) is 12.1 Å². The topological polar surface area (TPSA) is 64.6 Å². The van der Waals surface area contributed by atoms with Crippen LogP contribution in [0.4, 0.5) is 0 Å². The number of nitrogens with zero attached hydrogens (tertiary/aromatic N) is 2. The van der Waals surface area contributed by atoms with Gasteiger partial charge < -0.3 is 29.2 Å². The summed E-state index contributed by atoms with van der Waals surface area (Å²) in [4.78, 5) is 6.98. The molecule has 0 bridgehead atoms. The number of methoxy groups -OCH3 is 1. The second-order valence-electron chi connectivity index (χ2n) is 6.17. The molecule has 1 fully saturated rings. The number of hydrogen-bond acceptors (Lipinski definition) is 5. The zero-order valence-electron chi connectivity index (χ0n) is 15.7. The zero-order valence-corrected chi connectivity index (χ0v) is 18.8. The third-order valence-corrected chi connectivity index (χ3v) is 4.47. The van der Waals surface area contributed by atoms with Crippen LogP contribution >= 0.6 is 35.6 Å². The fraction of sp³-hybridized carbons (Fsp3) is 0.611. The molecule has 1 unspecified atom stereocenters. The number of rotatable bonds is 5. The van der Waals surface area contributed by atoms with Crippen molar-refractivity contribution in [1.29, 1.82) is 0 Å². The minimum atomic E-state index is 0. The molecule has 152 valence electrons. The van der Waals surface area contributed by atoms with Gasteiger partial charge in [0.1, 0.15) is 13.2 Å². The van der Waals surface area contributed by atoms with Gasteiger partial charge in [-0.2, -0.15) is 0 Å². The summed E-state index contributed by atoms with van der Waals surface area (Å²) in [6.45, 7) is 7.21.